The number of carbonyl (C=O) groups is 1. The average molecular weight is 258 g/mol. The summed E-state index contributed by atoms with van der Waals surface area (Å²) in [7, 11) is 1.59. The molecular formula is C15H15FN2O. The molecule has 2 rings (SSSR count). The summed E-state index contributed by atoms with van der Waals surface area (Å²) < 4.78 is 13.6. The van der Waals surface area contributed by atoms with Crippen LogP contribution in [0.1, 0.15) is 15.9 Å². The van der Waals surface area contributed by atoms with Crippen molar-refractivity contribution in [2.75, 3.05) is 17.7 Å². The Hall–Kier alpha value is -2.36. The molecule has 4 heteroatoms. The van der Waals surface area contributed by atoms with Crippen LogP contribution in [-0.4, -0.2) is 13.0 Å². The van der Waals surface area contributed by atoms with E-state index in [1.54, 1.807) is 19.2 Å². The first-order chi connectivity index (χ1) is 9.11. The fourth-order valence-corrected chi connectivity index (χ4v) is 1.89. The minimum Gasteiger partial charge on any atom is -0.385 e. The maximum absolute atomic E-state index is 13.6. The van der Waals surface area contributed by atoms with Gasteiger partial charge in [-0.05, 0) is 36.8 Å². The van der Waals surface area contributed by atoms with Crippen molar-refractivity contribution < 1.29 is 9.18 Å². The number of amides is 1. The van der Waals surface area contributed by atoms with Gasteiger partial charge in [0.05, 0.1) is 11.3 Å². The summed E-state index contributed by atoms with van der Waals surface area (Å²) in [5.74, 6) is -0.783. The van der Waals surface area contributed by atoms with Crippen LogP contribution in [0.3, 0.4) is 0 Å². The average Bonchev–Trinajstić information content (AvgIpc) is 2.38. The monoisotopic (exact) mass is 258 g/mol. The van der Waals surface area contributed by atoms with Crippen LogP contribution >= 0.6 is 0 Å². The Kier molecular flexibility index (Phi) is 3.80. The molecule has 0 unspecified atom stereocenters. The summed E-state index contributed by atoms with van der Waals surface area (Å²) in [6.07, 6.45) is 0. The van der Waals surface area contributed by atoms with E-state index in [4.69, 9.17) is 0 Å². The van der Waals surface area contributed by atoms with E-state index in [2.05, 4.69) is 10.6 Å². The quantitative estimate of drug-likeness (QED) is 0.885. The summed E-state index contributed by atoms with van der Waals surface area (Å²) in [5, 5.41) is 5.46. The highest BCUT2D eigenvalue weighted by atomic mass is 19.1. The lowest BCUT2D eigenvalue weighted by atomic mass is 10.1. The van der Waals surface area contributed by atoms with Crippen molar-refractivity contribution in [1.29, 1.82) is 0 Å². The van der Waals surface area contributed by atoms with E-state index in [9.17, 15) is 9.18 Å². The molecular weight excluding hydrogens is 243 g/mol. The molecule has 0 radical (unpaired) electrons. The Morgan fingerprint density at radius 1 is 1.16 bits per heavy atom. The molecule has 0 aliphatic carbocycles. The third-order valence-electron chi connectivity index (χ3n) is 2.78. The summed E-state index contributed by atoms with van der Waals surface area (Å²) in [5.41, 5.74) is 2.22. The molecule has 98 valence electrons. The number of rotatable bonds is 3. The highest BCUT2D eigenvalue weighted by Crippen LogP contribution is 2.20. The van der Waals surface area contributed by atoms with Crippen molar-refractivity contribution in [2.45, 2.75) is 6.92 Å². The number of benzene rings is 2. The van der Waals surface area contributed by atoms with Crippen LogP contribution in [0.15, 0.2) is 42.5 Å². The van der Waals surface area contributed by atoms with Crippen LogP contribution in [0.5, 0.6) is 0 Å². The summed E-state index contributed by atoms with van der Waals surface area (Å²) in [6.45, 7) is 1.94. The van der Waals surface area contributed by atoms with Gasteiger partial charge in [-0.1, -0.05) is 18.2 Å². The van der Waals surface area contributed by atoms with E-state index in [1.165, 1.54) is 12.1 Å². The van der Waals surface area contributed by atoms with Gasteiger partial charge in [-0.2, -0.15) is 0 Å². The molecule has 0 aliphatic heterocycles. The predicted octanol–water partition coefficient (Wildman–Crippen LogP) is 3.43. The first-order valence-corrected chi connectivity index (χ1v) is 5.96. The zero-order valence-corrected chi connectivity index (χ0v) is 10.8. The van der Waals surface area contributed by atoms with Gasteiger partial charge in [-0.25, -0.2) is 4.39 Å². The van der Waals surface area contributed by atoms with Gasteiger partial charge in [0.2, 0.25) is 0 Å². The minimum atomic E-state index is -0.445. The zero-order chi connectivity index (χ0) is 13.8. The van der Waals surface area contributed by atoms with E-state index in [0.29, 0.717) is 5.69 Å². The maximum Gasteiger partial charge on any atom is 0.257 e. The van der Waals surface area contributed by atoms with Crippen molar-refractivity contribution in [1.82, 2.24) is 0 Å². The second kappa shape index (κ2) is 5.52. The zero-order valence-electron chi connectivity index (χ0n) is 10.8. The van der Waals surface area contributed by atoms with Gasteiger partial charge in [-0.15, -0.1) is 0 Å². The number of hydrogen-bond donors (Lipinski definition) is 2. The van der Waals surface area contributed by atoms with Crippen LogP contribution in [-0.2, 0) is 0 Å². The summed E-state index contributed by atoms with van der Waals surface area (Å²) >= 11 is 0. The number of hydrogen-bond acceptors (Lipinski definition) is 2. The van der Waals surface area contributed by atoms with Crippen LogP contribution in [0, 0.1) is 12.7 Å². The Morgan fingerprint density at radius 2 is 1.89 bits per heavy atom. The Labute approximate surface area is 111 Å². The SMILES string of the molecule is CNc1c(F)cccc1C(=O)Nc1cccc(C)c1. The molecule has 19 heavy (non-hydrogen) atoms. The highest BCUT2D eigenvalue weighted by Gasteiger charge is 2.14. The summed E-state index contributed by atoms with van der Waals surface area (Å²) in [4.78, 5) is 12.1. The molecule has 3 nitrogen and oxygen atoms in total. The van der Waals surface area contributed by atoms with Crippen molar-refractivity contribution in [3.8, 4) is 0 Å². The number of halogens is 1. The number of para-hydroxylation sites is 1. The van der Waals surface area contributed by atoms with Gasteiger partial charge >= 0.3 is 0 Å². The largest absolute Gasteiger partial charge is 0.385 e. The van der Waals surface area contributed by atoms with Gasteiger partial charge in [0.15, 0.2) is 0 Å². The molecule has 1 amide bonds. The number of carbonyl (C=O) groups excluding carboxylic acids is 1. The first kappa shape index (κ1) is 13.1. The molecule has 0 spiro atoms. The lowest BCUT2D eigenvalue weighted by molar-refractivity contribution is 0.102. The molecule has 0 aromatic heterocycles. The molecule has 0 saturated heterocycles. The van der Waals surface area contributed by atoms with Gasteiger partial charge < -0.3 is 10.6 Å². The molecule has 2 aromatic carbocycles. The number of nitrogens with one attached hydrogen (secondary N) is 2. The van der Waals surface area contributed by atoms with E-state index in [1.807, 2.05) is 25.1 Å². The fraction of sp³-hybridized carbons (Fsp3) is 0.133. The van der Waals surface area contributed by atoms with Crippen LogP contribution in [0.2, 0.25) is 0 Å². The predicted molar refractivity (Wildman–Crippen MR) is 75.1 cm³/mol. The normalized spacial score (nSPS) is 10.1. The number of anilines is 2. The third-order valence-corrected chi connectivity index (χ3v) is 2.78. The van der Waals surface area contributed by atoms with E-state index in [-0.39, 0.29) is 17.2 Å². The lowest BCUT2D eigenvalue weighted by Crippen LogP contribution is -2.14. The fourth-order valence-electron chi connectivity index (χ4n) is 1.89. The van der Waals surface area contributed by atoms with Gasteiger partial charge in [-0.3, -0.25) is 4.79 Å². The molecule has 2 N–H and O–H groups in total. The van der Waals surface area contributed by atoms with E-state index >= 15 is 0 Å². The number of aryl methyl sites for hydroxylation is 1. The second-order valence-corrected chi connectivity index (χ2v) is 4.24. The van der Waals surface area contributed by atoms with Gasteiger partial charge in [0, 0.05) is 12.7 Å². The topological polar surface area (TPSA) is 41.1 Å². The van der Waals surface area contributed by atoms with Crippen molar-refractivity contribution >= 4 is 17.3 Å². The van der Waals surface area contributed by atoms with Crippen molar-refractivity contribution in [3.63, 3.8) is 0 Å². The van der Waals surface area contributed by atoms with Gasteiger partial charge in [0.25, 0.3) is 5.91 Å². The smallest absolute Gasteiger partial charge is 0.257 e. The molecule has 0 heterocycles. The molecule has 0 atom stereocenters. The Bertz CT molecular complexity index is 611. The molecule has 2 aromatic rings. The second-order valence-electron chi connectivity index (χ2n) is 4.24. The van der Waals surface area contributed by atoms with Crippen molar-refractivity contribution in [3.05, 3.63) is 59.4 Å². The standard InChI is InChI=1S/C15H15FN2O/c1-10-5-3-6-11(9-10)18-15(19)12-7-4-8-13(16)14(12)17-2/h3-9,17H,1-2H3,(H,18,19). The van der Waals surface area contributed by atoms with E-state index in [0.717, 1.165) is 5.56 Å². The molecule has 0 saturated carbocycles. The van der Waals surface area contributed by atoms with Gasteiger partial charge in [0.1, 0.15) is 5.82 Å². The summed E-state index contributed by atoms with van der Waals surface area (Å²) in [6, 6.07) is 11.9. The third kappa shape index (κ3) is 2.91. The Balaban J connectivity index is 2.28. The highest BCUT2D eigenvalue weighted by molar-refractivity contribution is 6.08. The molecule has 0 fully saturated rings. The minimum absolute atomic E-state index is 0.202. The van der Waals surface area contributed by atoms with Crippen molar-refractivity contribution in [2.24, 2.45) is 0 Å². The molecule has 0 bridgehead atoms. The van der Waals surface area contributed by atoms with E-state index < -0.39 is 5.82 Å². The Morgan fingerprint density at radius 3 is 2.58 bits per heavy atom. The van der Waals surface area contributed by atoms with Crippen LogP contribution < -0.4 is 10.6 Å². The van der Waals surface area contributed by atoms with Crippen LogP contribution in [0.4, 0.5) is 15.8 Å². The maximum atomic E-state index is 13.6. The lowest BCUT2D eigenvalue weighted by Gasteiger charge is -2.11. The first-order valence-electron chi connectivity index (χ1n) is 5.96. The van der Waals surface area contributed by atoms with Crippen LogP contribution in [0.25, 0.3) is 0 Å². The molecule has 0 aliphatic rings.